The van der Waals surface area contributed by atoms with Crippen LogP contribution in [0.2, 0.25) is 0 Å². The summed E-state index contributed by atoms with van der Waals surface area (Å²) in [6.07, 6.45) is 6.75. The van der Waals surface area contributed by atoms with Crippen LogP contribution >= 0.6 is 0 Å². The maximum Gasteiger partial charge on any atom is 0.337 e. The van der Waals surface area contributed by atoms with Crippen LogP contribution in [0.3, 0.4) is 0 Å². The second-order valence-electron chi connectivity index (χ2n) is 7.42. The molecule has 1 saturated carbocycles. The van der Waals surface area contributed by atoms with E-state index in [0.717, 1.165) is 45.3 Å². The van der Waals surface area contributed by atoms with Gasteiger partial charge in [0.2, 0.25) is 0 Å². The number of pyridine rings is 1. The Balaban J connectivity index is 1.72. The lowest BCUT2D eigenvalue weighted by molar-refractivity contribution is 0.0364. The molecule has 1 aliphatic carbocycles. The SMILES string of the molecule is O=C(O)c1cnc2c(c1)n(CCN1CCOCC1)c(=O)n2C1CCCCC1. The fourth-order valence-electron chi connectivity index (χ4n) is 4.22. The van der Waals surface area contributed by atoms with Gasteiger partial charge in [-0.05, 0) is 18.9 Å². The number of rotatable bonds is 5. The van der Waals surface area contributed by atoms with Gasteiger partial charge in [-0.1, -0.05) is 19.3 Å². The first-order chi connectivity index (χ1) is 13.1. The molecule has 0 amide bonds. The molecule has 0 unspecified atom stereocenters. The van der Waals surface area contributed by atoms with Crippen LogP contribution in [-0.4, -0.2) is 62.9 Å². The highest BCUT2D eigenvalue weighted by Gasteiger charge is 2.24. The van der Waals surface area contributed by atoms with E-state index in [9.17, 15) is 14.7 Å². The van der Waals surface area contributed by atoms with Gasteiger partial charge >= 0.3 is 11.7 Å². The molecule has 8 heteroatoms. The van der Waals surface area contributed by atoms with Crippen molar-refractivity contribution in [3.63, 3.8) is 0 Å². The topological polar surface area (TPSA) is 89.6 Å². The minimum atomic E-state index is -1.03. The molecule has 0 radical (unpaired) electrons. The van der Waals surface area contributed by atoms with Crippen molar-refractivity contribution in [2.45, 2.75) is 44.7 Å². The molecule has 0 aromatic carbocycles. The number of ether oxygens (including phenoxy) is 1. The largest absolute Gasteiger partial charge is 0.478 e. The van der Waals surface area contributed by atoms with Gasteiger partial charge in [-0.25, -0.2) is 14.6 Å². The number of carbonyl (C=O) groups is 1. The molecule has 1 saturated heterocycles. The van der Waals surface area contributed by atoms with Crippen LogP contribution in [0.25, 0.3) is 11.2 Å². The van der Waals surface area contributed by atoms with Crippen molar-refractivity contribution in [3.8, 4) is 0 Å². The molecule has 1 aliphatic heterocycles. The average molecular weight is 374 g/mol. The Labute approximate surface area is 157 Å². The summed E-state index contributed by atoms with van der Waals surface area (Å²) in [5.74, 6) is -1.03. The van der Waals surface area contributed by atoms with Crippen LogP contribution in [0, 0.1) is 0 Å². The number of carboxylic acids is 1. The zero-order valence-corrected chi connectivity index (χ0v) is 15.5. The Bertz CT molecular complexity index is 876. The highest BCUT2D eigenvalue weighted by atomic mass is 16.5. The minimum Gasteiger partial charge on any atom is -0.478 e. The highest BCUT2D eigenvalue weighted by Crippen LogP contribution is 2.29. The van der Waals surface area contributed by atoms with Crippen LogP contribution in [0.15, 0.2) is 17.1 Å². The quantitative estimate of drug-likeness (QED) is 0.857. The number of nitrogens with zero attached hydrogens (tertiary/aromatic N) is 4. The number of morpholine rings is 1. The number of hydrogen-bond donors (Lipinski definition) is 1. The Hall–Kier alpha value is -2.19. The van der Waals surface area contributed by atoms with Crippen LogP contribution in [0.4, 0.5) is 0 Å². The summed E-state index contributed by atoms with van der Waals surface area (Å²) in [7, 11) is 0. The van der Waals surface area contributed by atoms with E-state index in [-0.39, 0.29) is 17.3 Å². The number of aromatic nitrogens is 3. The number of hydrogen-bond acceptors (Lipinski definition) is 5. The molecule has 8 nitrogen and oxygen atoms in total. The van der Waals surface area contributed by atoms with Crippen LogP contribution in [-0.2, 0) is 11.3 Å². The van der Waals surface area contributed by atoms with Gasteiger partial charge in [0.15, 0.2) is 5.65 Å². The standard InChI is InChI=1S/C19H26N4O4/c24-18(25)14-12-16-17(20-13-14)23(15-4-2-1-3-5-15)19(26)22(16)7-6-21-8-10-27-11-9-21/h12-13,15H,1-11H2,(H,24,25). The van der Waals surface area contributed by atoms with E-state index < -0.39 is 5.97 Å². The van der Waals surface area contributed by atoms with Crippen molar-refractivity contribution >= 4 is 17.1 Å². The second-order valence-corrected chi connectivity index (χ2v) is 7.42. The summed E-state index contributed by atoms with van der Waals surface area (Å²) < 4.78 is 8.89. The average Bonchev–Trinajstić information content (AvgIpc) is 2.98. The van der Waals surface area contributed by atoms with Crippen molar-refractivity contribution < 1.29 is 14.6 Å². The Morgan fingerprint density at radius 1 is 1.19 bits per heavy atom. The zero-order chi connectivity index (χ0) is 18.8. The van der Waals surface area contributed by atoms with Crippen LogP contribution < -0.4 is 5.69 Å². The van der Waals surface area contributed by atoms with Crippen molar-refractivity contribution in [2.75, 3.05) is 32.8 Å². The van der Waals surface area contributed by atoms with Crippen LogP contribution in [0.1, 0.15) is 48.5 Å². The molecule has 2 aliphatic rings. The van der Waals surface area contributed by atoms with E-state index in [1.54, 1.807) is 15.2 Å². The lowest BCUT2D eigenvalue weighted by atomic mass is 9.95. The Kier molecular flexibility index (Phi) is 5.27. The van der Waals surface area contributed by atoms with Gasteiger partial charge in [-0.3, -0.25) is 14.0 Å². The van der Waals surface area contributed by atoms with Crippen molar-refractivity contribution in [3.05, 3.63) is 28.3 Å². The van der Waals surface area contributed by atoms with Crippen molar-refractivity contribution in [2.24, 2.45) is 0 Å². The maximum atomic E-state index is 13.2. The Morgan fingerprint density at radius 3 is 2.63 bits per heavy atom. The maximum absolute atomic E-state index is 13.2. The second kappa shape index (κ2) is 7.82. The number of fused-ring (bicyclic) bond motifs is 1. The van der Waals surface area contributed by atoms with Crippen molar-refractivity contribution in [1.29, 1.82) is 0 Å². The summed E-state index contributed by atoms with van der Waals surface area (Å²) in [5, 5.41) is 9.34. The summed E-state index contributed by atoms with van der Waals surface area (Å²) in [4.78, 5) is 31.3. The molecule has 4 rings (SSSR count). The van der Waals surface area contributed by atoms with Gasteiger partial charge in [-0.15, -0.1) is 0 Å². The smallest absolute Gasteiger partial charge is 0.337 e. The zero-order valence-electron chi connectivity index (χ0n) is 15.5. The molecule has 146 valence electrons. The number of imidazole rings is 1. The fraction of sp³-hybridized carbons (Fsp3) is 0.632. The first-order valence-corrected chi connectivity index (χ1v) is 9.79. The van der Waals surface area contributed by atoms with Gasteiger partial charge in [0.05, 0.1) is 24.3 Å². The number of aromatic carboxylic acids is 1. The van der Waals surface area contributed by atoms with Crippen molar-refractivity contribution in [1.82, 2.24) is 19.0 Å². The van der Waals surface area contributed by atoms with E-state index >= 15 is 0 Å². The van der Waals surface area contributed by atoms with E-state index in [4.69, 9.17) is 4.74 Å². The molecule has 3 heterocycles. The summed E-state index contributed by atoms with van der Waals surface area (Å²) in [5.41, 5.74) is 1.28. The molecule has 0 bridgehead atoms. The molecule has 0 atom stereocenters. The first kappa shape index (κ1) is 18.2. The summed E-state index contributed by atoms with van der Waals surface area (Å²) in [6.45, 7) is 4.40. The van der Waals surface area contributed by atoms with Gasteiger partial charge in [-0.2, -0.15) is 0 Å². The molecule has 27 heavy (non-hydrogen) atoms. The van der Waals surface area contributed by atoms with Crippen LogP contribution in [0.5, 0.6) is 0 Å². The molecule has 2 aromatic rings. The third-order valence-electron chi connectivity index (χ3n) is 5.73. The molecule has 2 fully saturated rings. The Morgan fingerprint density at radius 2 is 1.93 bits per heavy atom. The molecule has 1 N–H and O–H groups in total. The fourth-order valence-corrected chi connectivity index (χ4v) is 4.22. The molecule has 2 aromatic heterocycles. The highest BCUT2D eigenvalue weighted by molar-refractivity contribution is 5.91. The van der Waals surface area contributed by atoms with E-state index in [0.29, 0.717) is 30.9 Å². The first-order valence-electron chi connectivity index (χ1n) is 9.79. The van der Waals surface area contributed by atoms with Gasteiger partial charge in [0, 0.05) is 38.4 Å². The number of carboxylic acid groups (broad SMARTS) is 1. The minimum absolute atomic E-state index is 0.0693. The lowest BCUT2D eigenvalue weighted by Crippen LogP contribution is -2.39. The molecule has 0 spiro atoms. The summed E-state index contributed by atoms with van der Waals surface area (Å²) >= 11 is 0. The molecular weight excluding hydrogens is 348 g/mol. The molecular formula is C19H26N4O4. The van der Waals surface area contributed by atoms with Gasteiger partial charge in [0.25, 0.3) is 0 Å². The predicted molar refractivity (Wildman–Crippen MR) is 100 cm³/mol. The monoisotopic (exact) mass is 374 g/mol. The summed E-state index contributed by atoms with van der Waals surface area (Å²) in [6, 6.07) is 1.74. The third kappa shape index (κ3) is 3.64. The lowest BCUT2D eigenvalue weighted by Gasteiger charge is -2.26. The predicted octanol–water partition coefficient (Wildman–Crippen LogP) is 1.73. The van der Waals surface area contributed by atoms with Gasteiger partial charge in [0.1, 0.15) is 0 Å². The van der Waals surface area contributed by atoms with Gasteiger partial charge < -0.3 is 9.84 Å². The third-order valence-corrected chi connectivity index (χ3v) is 5.73. The van der Waals surface area contributed by atoms with E-state index in [2.05, 4.69) is 9.88 Å². The normalized spacial score (nSPS) is 19.6. The van der Waals surface area contributed by atoms with E-state index in [1.807, 2.05) is 0 Å². The van der Waals surface area contributed by atoms with E-state index in [1.165, 1.54) is 12.6 Å².